The van der Waals surface area contributed by atoms with Crippen molar-refractivity contribution in [3.63, 3.8) is 0 Å². The summed E-state index contributed by atoms with van der Waals surface area (Å²) in [6.07, 6.45) is 0.134. The predicted octanol–water partition coefficient (Wildman–Crippen LogP) is 3.10. The molecule has 1 amide bonds. The first-order valence-electron chi connectivity index (χ1n) is 8.04. The van der Waals surface area contributed by atoms with Gasteiger partial charge in [0.15, 0.2) is 11.5 Å². The van der Waals surface area contributed by atoms with E-state index < -0.39 is 6.10 Å². The molecule has 0 saturated heterocycles. The van der Waals surface area contributed by atoms with Gasteiger partial charge in [-0.05, 0) is 36.2 Å². The van der Waals surface area contributed by atoms with Crippen molar-refractivity contribution in [1.29, 1.82) is 0 Å². The summed E-state index contributed by atoms with van der Waals surface area (Å²) < 4.78 is 16.5. The second kappa shape index (κ2) is 7.25. The van der Waals surface area contributed by atoms with Crippen LogP contribution in [0.3, 0.4) is 0 Å². The van der Waals surface area contributed by atoms with E-state index >= 15 is 0 Å². The van der Waals surface area contributed by atoms with Gasteiger partial charge in [0.05, 0.1) is 13.2 Å². The zero-order valence-electron chi connectivity index (χ0n) is 13.8. The number of fused-ring (bicyclic) bond motifs is 1. The van der Waals surface area contributed by atoms with E-state index in [-0.39, 0.29) is 18.6 Å². The first-order chi connectivity index (χ1) is 11.7. The van der Waals surface area contributed by atoms with Gasteiger partial charge in [-0.25, -0.2) is 0 Å². The van der Waals surface area contributed by atoms with Gasteiger partial charge in [0, 0.05) is 0 Å². The van der Waals surface area contributed by atoms with Crippen molar-refractivity contribution in [2.75, 3.05) is 13.7 Å². The van der Waals surface area contributed by atoms with E-state index in [0.29, 0.717) is 11.5 Å². The molecule has 1 aliphatic heterocycles. The highest BCUT2D eigenvalue weighted by molar-refractivity contribution is 5.82. The minimum atomic E-state index is -0.646. The fraction of sp³-hybridized carbons (Fsp3) is 0.316. The number of carbonyl (C=O) groups excluding carboxylic acids is 1. The molecule has 24 heavy (non-hydrogen) atoms. The van der Waals surface area contributed by atoms with E-state index in [1.807, 2.05) is 49.4 Å². The minimum Gasteiger partial charge on any atom is -0.497 e. The molecule has 2 atom stereocenters. The van der Waals surface area contributed by atoms with Crippen LogP contribution in [0.2, 0.25) is 0 Å². The number of para-hydroxylation sites is 2. The Balaban J connectivity index is 1.66. The minimum absolute atomic E-state index is 0.0795. The van der Waals surface area contributed by atoms with Crippen molar-refractivity contribution >= 4 is 5.91 Å². The van der Waals surface area contributed by atoms with Crippen LogP contribution in [0.4, 0.5) is 0 Å². The second-order valence-electron chi connectivity index (χ2n) is 5.61. The summed E-state index contributed by atoms with van der Waals surface area (Å²) in [5.74, 6) is 1.89. The molecule has 0 unspecified atom stereocenters. The SMILES string of the molecule is CC[C@@H](NC(=O)[C@H]1COc2ccccc2O1)c1ccc(OC)cc1. The van der Waals surface area contributed by atoms with Gasteiger partial charge < -0.3 is 19.5 Å². The highest BCUT2D eigenvalue weighted by atomic mass is 16.6. The maximum absolute atomic E-state index is 12.5. The Morgan fingerprint density at radius 1 is 1.21 bits per heavy atom. The summed E-state index contributed by atoms with van der Waals surface area (Å²) >= 11 is 0. The molecular weight excluding hydrogens is 306 g/mol. The number of carbonyl (C=O) groups is 1. The van der Waals surface area contributed by atoms with Crippen LogP contribution in [-0.2, 0) is 4.79 Å². The van der Waals surface area contributed by atoms with Crippen LogP contribution in [0.5, 0.6) is 17.2 Å². The van der Waals surface area contributed by atoms with E-state index in [2.05, 4.69) is 5.32 Å². The summed E-state index contributed by atoms with van der Waals surface area (Å²) in [6, 6.07) is 15.0. The molecule has 5 nitrogen and oxygen atoms in total. The van der Waals surface area contributed by atoms with Crippen LogP contribution < -0.4 is 19.5 Å². The lowest BCUT2D eigenvalue weighted by atomic mass is 10.0. The molecule has 0 aromatic heterocycles. The van der Waals surface area contributed by atoms with Gasteiger partial charge in [0.2, 0.25) is 6.10 Å². The predicted molar refractivity (Wildman–Crippen MR) is 90.5 cm³/mol. The molecule has 5 heteroatoms. The normalized spacial score (nSPS) is 17.0. The van der Waals surface area contributed by atoms with E-state index in [4.69, 9.17) is 14.2 Å². The van der Waals surface area contributed by atoms with E-state index in [0.717, 1.165) is 17.7 Å². The number of hydrogen-bond acceptors (Lipinski definition) is 4. The zero-order chi connectivity index (χ0) is 16.9. The standard InChI is InChI=1S/C19H21NO4/c1-3-15(13-8-10-14(22-2)11-9-13)20-19(21)18-12-23-16-6-4-5-7-17(16)24-18/h4-11,15,18H,3,12H2,1-2H3,(H,20,21)/t15-,18-/m1/s1. The zero-order valence-corrected chi connectivity index (χ0v) is 13.8. The number of amides is 1. The maximum Gasteiger partial charge on any atom is 0.265 e. The number of benzene rings is 2. The number of nitrogens with one attached hydrogen (secondary N) is 1. The van der Waals surface area contributed by atoms with E-state index in [9.17, 15) is 4.79 Å². The molecule has 2 aromatic rings. The Hall–Kier alpha value is -2.69. The van der Waals surface area contributed by atoms with Crippen LogP contribution in [0.25, 0.3) is 0 Å². The van der Waals surface area contributed by atoms with Gasteiger partial charge in [0.1, 0.15) is 12.4 Å². The summed E-state index contributed by atoms with van der Waals surface area (Å²) in [6.45, 7) is 2.24. The highest BCUT2D eigenvalue weighted by Gasteiger charge is 2.28. The summed E-state index contributed by atoms with van der Waals surface area (Å²) in [5, 5.41) is 3.04. The van der Waals surface area contributed by atoms with E-state index in [1.165, 1.54) is 0 Å². The summed E-state index contributed by atoms with van der Waals surface area (Å²) in [5.41, 5.74) is 1.03. The van der Waals surface area contributed by atoms with Crippen molar-refractivity contribution < 1.29 is 19.0 Å². The fourth-order valence-electron chi connectivity index (χ4n) is 2.67. The van der Waals surface area contributed by atoms with Crippen molar-refractivity contribution in [3.05, 3.63) is 54.1 Å². The molecule has 0 radical (unpaired) electrons. The Bertz CT molecular complexity index is 699. The molecule has 1 N–H and O–H groups in total. The number of rotatable bonds is 5. The third kappa shape index (κ3) is 3.45. The lowest BCUT2D eigenvalue weighted by molar-refractivity contribution is -0.131. The van der Waals surface area contributed by atoms with Crippen molar-refractivity contribution in [1.82, 2.24) is 5.32 Å². The molecule has 1 aliphatic rings. The van der Waals surface area contributed by atoms with Gasteiger partial charge in [-0.2, -0.15) is 0 Å². The number of methoxy groups -OCH3 is 1. The molecule has 0 bridgehead atoms. The monoisotopic (exact) mass is 327 g/mol. The third-order valence-corrected chi connectivity index (χ3v) is 4.04. The smallest absolute Gasteiger partial charge is 0.265 e. The van der Waals surface area contributed by atoms with Crippen LogP contribution in [0.15, 0.2) is 48.5 Å². The Morgan fingerprint density at radius 2 is 1.92 bits per heavy atom. The molecule has 126 valence electrons. The maximum atomic E-state index is 12.5. The van der Waals surface area contributed by atoms with Crippen LogP contribution in [0, 0.1) is 0 Å². The van der Waals surface area contributed by atoms with Crippen molar-refractivity contribution in [3.8, 4) is 17.2 Å². The molecule has 2 aromatic carbocycles. The number of ether oxygens (including phenoxy) is 3. The lowest BCUT2D eigenvalue weighted by Crippen LogP contribution is -2.45. The first kappa shape index (κ1) is 16.2. The Kier molecular flexibility index (Phi) is 4.89. The highest BCUT2D eigenvalue weighted by Crippen LogP contribution is 2.31. The van der Waals surface area contributed by atoms with Crippen LogP contribution in [-0.4, -0.2) is 25.7 Å². The molecule has 0 fully saturated rings. The second-order valence-corrected chi connectivity index (χ2v) is 5.61. The van der Waals surface area contributed by atoms with Gasteiger partial charge in [-0.3, -0.25) is 4.79 Å². The Morgan fingerprint density at radius 3 is 2.58 bits per heavy atom. The third-order valence-electron chi connectivity index (χ3n) is 4.04. The van der Waals surface area contributed by atoms with Gasteiger partial charge in [-0.15, -0.1) is 0 Å². The molecule has 0 spiro atoms. The van der Waals surface area contributed by atoms with Crippen LogP contribution in [0.1, 0.15) is 24.9 Å². The van der Waals surface area contributed by atoms with Gasteiger partial charge in [-0.1, -0.05) is 31.2 Å². The lowest BCUT2D eigenvalue weighted by Gasteiger charge is -2.27. The number of hydrogen-bond donors (Lipinski definition) is 1. The first-order valence-corrected chi connectivity index (χ1v) is 8.04. The molecular formula is C19H21NO4. The fourth-order valence-corrected chi connectivity index (χ4v) is 2.67. The van der Waals surface area contributed by atoms with Crippen LogP contribution >= 0.6 is 0 Å². The summed E-state index contributed by atoms with van der Waals surface area (Å²) in [7, 11) is 1.63. The van der Waals surface area contributed by atoms with Gasteiger partial charge >= 0.3 is 0 Å². The van der Waals surface area contributed by atoms with Gasteiger partial charge in [0.25, 0.3) is 5.91 Å². The average molecular weight is 327 g/mol. The summed E-state index contributed by atoms with van der Waals surface area (Å²) in [4.78, 5) is 12.5. The Labute approximate surface area is 141 Å². The quantitative estimate of drug-likeness (QED) is 0.917. The molecule has 1 heterocycles. The van der Waals surface area contributed by atoms with E-state index in [1.54, 1.807) is 13.2 Å². The molecule has 3 rings (SSSR count). The van der Waals surface area contributed by atoms with Crippen molar-refractivity contribution in [2.45, 2.75) is 25.5 Å². The topological polar surface area (TPSA) is 56.8 Å². The largest absolute Gasteiger partial charge is 0.497 e. The molecule has 0 saturated carbocycles. The average Bonchev–Trinajstić information content (AvgIpc) is 2.65. The van der Waals surface area contributed by atoms with Crippen molar-refractivity contribution in [2.24, 2.45) is 0 Å². The molecule has 0 aliphatic carbocycles.